The van der Waals surface area contributed by atoms with Crippen molar-refractivity contribution in [1.82, 2.24) is 9.97 Å². The Balaban J connectivity index is 2.97. The van der Waals surface area contributed by atoms with Crippen LogP contribution in [-0.4, -0.2) is 15.3 Å². The highest BCUT2D eigenvalue weighted by atomic mass is 35.5. The van der Waals surface area contributed by atoms with E-state index in [-0.39, 0.29) is 5.38 Å². The fourth-order valence-electron chi connectivity index (χ4n) is 1.52. The van der Waals surface area contributed by atoms with Crippen molar-refractivity contribution in [2.75, 3.05) is 0 Å². The van der Waals surface area contributed by atoms with E-state index in [4.69, 9.17) is 11.6 Å². The van der Waals surface area contributed by atoms with E-state index in [0.29, 0.717) is 5.92 Å². The monoisotopic (exact) mass is 198 g/mol. The van der Waals surface area contributed by atoms with E-state index in [1.807, 2.05) is 13.8 Å². The van der Waals surface area contributed by atoms with Gasteiger partial charge in [-0.25, -0.2) is 0 Å². The Morgan fingerprint density at radius 1 is 1.38 bits per heavy atom. The summed E-state index contributed by atoms with van der Waals surface area (Å²) in [7, 11) is 0. The van der Waals surface area contributed by atoms with E-state index >= 15 is 0 Å². The summed E-state index contributed by atoms with van der Waals surface area (Å²) in [4.78, 5) is 8.53. The zero-order chi connectivity index (χ0) is 9.84. The minimum Gasteiger partial charge on any atom is -0.258 e. The SMILES string of the molecule is CCC(c1nccnc1C)C(C)Cl. The first kappa shape index (κ1) is 10.5. The molecule has 2 nitrogen and oxygen atoms in total. The topological polar surface area (TPSA) is 25.8 Å². The van der Waals surface area contributed by atoms with Gasteiger partial charge in [0.15, 0.2) is 0 Å². The van der Waals surface area contributed by atoms with Crippen molar-refractivity contribution >= 4 is 11.6 Å². The van der Waals surface area contributed by atoms with Crippen LogP contribution in [0.1, 0.15) is 37.6 Å². The average Bonchev–Trinajstić information content (AvgIpc) is 2.09. The van der Waals surface area contributed by atoms with Gasteiger partial charge in [0.05, 0.1) is 11.4 Å². The first-order chi connectivity index (χ1) is 6.16. The molecule has 0 aliphatic rings. The average molecular weight is 199 g/mol. The van der Waals surface area contributed by atoms with Crippen molar-refractivity contribution in [2.24, 2.45) is 0 Å². The Kier molecular flexibility index (Phi) is 3.67. The number of halogens is 1. The molecule has 0 aliphatic carbocycles. The Labute approximate surface area is 84.4 Å². The van der Waals surface area contributed by atoms with Gasteiger partial charge in [0.25, 0.3) is 0 Å². The molecule has 72 valence electrons. The van der Waals surface area contributed by atoms with Gasteiger partial charge in [0.2, 0.25) is 0 Å². The van der Waals surface area contributed by atoms with Crippen LogP contribution in [0, 0.1) is 6.92 Å². The molecule has 0 aliphatic heterocycles. The maximum absolute atomic E-state index is 6.08. The molecule has 0 saturated carbocycles. The van der Waals surface area contributed by atoms with Gasteiger partial charge in [-0.3, -0.25) is 9.97 Å². The van der Waals surface area contributed by atoms with Gasteiger partial charge < -0.3 is 0 Å². The largest absolute Gasteiger partial charge is 0.258 e. The number of aromatic nitrogens is 2. The quantitative estimate of drug-likeness (QED) is 0.698. The van der Waals surface area contributed by atoms with Crippen molar-refractivity contribution < 1.29 is 0 Å². The summed E-state index contributed by atoms with van der Waals surface area (Å²) in [6, 6.07) is 0. The Bertz CT molecular complexity index is 273. The van der Waals surface area contributed by atoms with Gasteiger partial charge in [-0.15, -0.1) is 11.6 Å². The van der Waals surface area contributed by atoms with Crippen LogP contribution in [0.15, 0.2) is 12.4 Å². The summed E-state index contributed by atoms with van der Waals surface area (Å²) in [5.74, 6) is 0.315. The Hall–Kier alpha value is -0.630. The van der Waals surface area contributed by atoms with E-state index in [9.17, 15) is 0 Å². The Morgan fingerprint density at radius 3 is 2.46 bits per heavy atom. The highest BCUT2D eigenvalue weighted by molar-refractivity contribution is 6.20. The number of hydrogen-bond donors (Lipinski definition) is 0. The van der Waals surface area contributed by atoms with Crippen LogP contribution >= 0.6 is 11.6 Å². The van der Waals surface area contributed by atoms with E-state index in [1.165, 1.54) is 0 Å². The van der Waals surface area contributed by atoms with Crippen LogP contribution in [0.5, 0.6) is 0 Å². The zero-order valence-corrected chi connectivity index (χ0v) is 9.04. The molecule has 13 heavy (non-hydrogen) atoms. The standard InChI is InChI=1S/C10H15ClN2/c1-4-9(7(2)11)10-8(3)12-5-6-13-10/h5-7,9H,4H2,1-3H3. The predicted molar refractivity (Wildman–Crippen MR) is 55.1 cm³/mol. The highest BCUT2D eigenvalue weighted by Crippen LogP contribution is 2.26. The number of alkyl halides is 1. The molecule has 1 heterocycles. The van der Waals surface area contributed by atoms with E-state index in [2.05, 4.69) is 16.9 Å². The summed E-state index contributed by atoms with van der Waals surface area (Å²) in [6.07, 6.45) is 4.44. The molecule has 0 amide bonds. The number of rotatable bonds is 3. The summed E-state index contributed by atoms with van der Waals surface area (Å²) < 4.78 is 0. The van der Waals surface area contributed by atoms with Gasteiger partial charge in [0.1, 0.15) is 0 Å². The predicted octanol–water partition coefficient (Wildman–Crippen LogP) is 2.91. The smallest absolute Gasteiger partial charge is 0.0661 e. The number of hydrogen-bond acceptors (Lipinski definition) is 2. The van der Waals surface area contributed by atoms with Crippen molar-refractivity contribution in [1.29, 1.82) is 0 Å². The molecule has 0 fully saturated rings. The van der Waals surface area contributed by atoms with Gasteiger partial charge in [-0.2, -0.15) is 0 Å². The van der Waals surface area contributed by atoms with Crippen molar-refractivity contribution in [3.05, 3.63) is 23.8 Å². The summed E-state index contributed by atoms with van der Waals surface area (Å²) >= 11 is 6.08. The summed E-state index contributed by atoms with van der Waals surface area (Å²) in [5.41, 5.74) is 2.02. The number of aryl methyl sites for hydroxylation is 1. The van der Waals surface area contributed by atoms with Gasteiger partial charge in [-0.1, -0.05) is 6.92 Å². The molecule has 1 aromatic rings. The summed E-state index contributed by atoms with van der Waals surface area (Å²) in [5, 5.41) is 0.111. The van der Waals surface area contributed by atoms with Gasteiger partial charge >= 0.3 is 0 Å². The zero-order valence-electron chi connectivity index (χ0n) is 8.29. The van der Waals surface area contributed by atoms with Crippen LogP contribution in [0.4, 0.5) is 0 Å². The van der Waals surface area contributed by atoms with Crippen molar-refractivity contribution in [3.63, 3.8) is 0 Å². The third-order valence-corrected chi connectivity index (χ3v) is 2.57. The third-order valence-electron chi connectivity index (χ3n) is 2.26. The summed E-state index contributed by atoms with van der Waals surface area (Å²) in [6.45, 7) is 6.10. The lowest BCUT2D eigenvalue weighted by atomic mass is 9.97. The molecule has 0 radical (unpaired) electrons. The minimum atomic E-state index is 0.111. The van der Waals surface area contributed by atoms with Gasteiger partial charge in [-0.05, 0) is 20.3 Å². The maximum Gasteiger partial charge on any atom is 0.0661 e. The normalized spacial score (nSPS) is 15.4. The molecule has 0 bridgehead atoms. The molecule has 0 N–H and O–H groups in total. The third kappa shape index (κ3) is 2.41. The van der Waals surface area contributed by atoms with Gasteiger partial charge in [0, 0.05) is 23.7 Å². The molecule has 1 rings (SSSR count). The van der Waals surface area contributed by atoms with Crippen LogP contribution in [0.2, 0.25) is 0 Å². The van der Waals surface area contributed by atoms with Crippen LogP contribution in [0.25, 0.3) is 0 Å². The Morgan fingerprint density at radius 2 is 2.00 bits per heavy atom. The lowest BCUT2D eigenvalue weighted by Gasteiger charge is -2.17. The van der Waals surface area contributed by atoms with E-state index < -0.39 is 0 Å². The molecule has 0 aromatic carbocycles. The second kappa shape index (κ2) is 4.56. The minimum absolute atomic E-state index is 0.111. The molecule has 3 heteroatoms. The fraction of sp³-hybridized carbons (Fsp3) is 0.600. The first-order valence-electron chi connectivity index (χ1n) is 4.58. The molecular weight excluding hydrogens is 184 g/mol. The van der Waals surface area contributed by atoms with E-state index in [1.54, 1.807) is 12.4 Å². The highest BCUT2D eigenvalue weighted by Gasteiger charge is 2.18. The second-order valence-corrected chi connectivity index (χ2v) is 3.91. The maximum atomic E-state index is 6.08. The fourth-order valence-corrected chi connectivity index (χ4v) is 1.82. The molecule has 0 spiro atoms. The molecule has 2 atom stereocenters. The molecule has 1 aromatic heterocycles. The molecule has 2 unspecified atom stereocenters. The lowest BCUT2D eigenvalue weighted by molar-refractivity contribution is 0.621. The van der Waals surface area contributed by atoms with Crippen LogP contribution < -0.4 is 0 Å². The lowest BCUT2D eigenvalue weighted by Crippen LogP contribution is -2.12. The number of nitrogens with zero attached hydrogens (tertiary/aromatic N) is 2. The van der Waals surface area contributed by atoms with Crippen LogP contribution in [-0.2, 0) is 0 Å². The molecular formula is C10H15ClN2. The second-order valence-electron chi connectivity index (χ2n) is 3.22. The van der Waals surface area contributed by atoms with Crippen molar-refractivity contribution in [3.8, 4) is 0 Å². The molecule has 0 saturated heterocycles. The van der Waals surface area contributed by atoms with E-state index in [0.717, 1.165) is 17.8 Å². The van der Waals surface area contributed by atoms with Crippen molar-refractivity contribution in [2.45, 2.75) is 38.5 Å². The van der Waals surface area contributed by atoms with Crippen LogP contribution in [0.3, 0.4) is 0 Å². The first-order valence-corrected chi connectivity index (χ1v) is 5.02.